The summed E-state index contributed by atoms with van der Waals surface area (Å²) in [6.07, 6.45) is 5.69. The van der Waals surface area contributed by atoms with E-state index < -0.39 is 0 Å². The van der Waals surface area contributed by atoms with Gasteiger partial charge in [0.05, 0.1) is 13.4 Å². The highest BCUT2D eigenvalue weighted by Gasteiger charge is 2.46. The summed E-state index contributed by atoms with van der Waals surface area (Å²) in [5.74, 6) is 1.02. The Hall–Kier alpha value is -2.69. The number of ether oxygens (including phenoxy) is 1. The van der Waals surface area contributed by atoms with Gasteiger partial charge < -0.3 is 19.5 Å². The molecule has 1 aliphatic carbocycles. The van der Waals surface area contributed by atoms with Crippen molar-refractivity contribution in [2.24, 2.45) is 0 Å². The largest absolute Gasteiger partial charge is 0.497 e. The fourth-order valence-electron chi connectivity index (χ4n) is 3.10. The van der Waals surface area contributed by atoms with Gasteiger partial charge in [0, 0.05) is 29.1 Å². The Kier molecular flexibility index (Phi) is 3.15. The molecule has 23 heavy (non-hydrogen) atoms. The minimum Gasteiger partial charge on any atom is -0.497 e. The maximum Gasteiger partial charge on any atom is 0.287 e. The van der Waals surface area contributed by atoms with Gasteiger partial charge in [0.25, 0.3) is 5.91 Å². The maximum absolute atomic E-state index is 12.1. The van der Waals surface area contributed by atoms with E-state index in [1.807, 2.05) is 12.1 Å². The predicted molar refractivity (Wildman–Crippen MR) is 86.8 cm³/mol. The number of methoxy groups -OCH3 is 1. The summed E-state index contributed by atoms with van der Waals surface area (Å²) in [6, 6.07) is 9.41. The number of carbonyl (C=O) groups excluding carboxylic acids is 1. The molecule has 1 aromatic carbocycles. The first-order valence-corrected chi connectivity index (χ1v) is 7.69. The molecule has 0 bridgehead atoms. The Labute approximate surface area is 133 Å². The lowest BCUT2D eigenvalue weighted by Gasteiger charge is -2.15. The topological polar surface area (TPSA) is 67.3 Å². The Morgan fingerprint density at radius 2 is 2.26 bits per heavy atom. The highest BCUT2D eigenvalue weighted by atomic mass is 16.5. The van der Waals surface area contributed by atoms with Gasteiger partial charge in [-0.2, -0.15) is 0 Å². The molecule has 1 amide bonds. The van der Waals surface area contributed by atoms with Gasteiger partial charge in [0.15, 0.2) is 5.76 Å². The van der Waals surface area contributed by atoms with Crippen LogP contribution in [-0.4, -0.2) is 24.5 Å². The van der Waals surface area contributed by atoms with Crippen LogP contribution in [0.15, 0.2) is 47.2 Å². The molecule has 0 unspecified atom stereocenters. The summed E-state index contributed by atoms with van der Waals surface area (Å²) in [6.45, 7) is 0.608. The molecule has 0 saturated heterocycles. The normalized spacial score (nSPS) is 15.5. The molecule has 2 aromatic heterocycles. The van der Waals surface area contributed by atoms with Gasteiger partial charge in [-0.15, -0.1) is 0 Å². The second kappa shape index (κ2) is 5.19. The van der Waals surface area contributed by atoms with Crippen molar-refractivity contribution in [3.63, 3.8) is 0 Å². The number of aromatic nitrogens is 1. The number of hydrogen-bond donors (Lipinski definition) is 2. The smallest absolute Gasteiger partial charge is 0.287 e. The molecule has 3 aromatic rings. The molecule has 118 valence electrons. The number of furan rings is 1. The van der Waals surface area contributed by atoms with Crippen molar-refractivity contribution in [2.45, 2.75) is 18.3 Å². The molecule has 1 fully saturated rings. The Balaban J connectivity index is 1.58. The monoisotopic (exact) mass is 310 g/mol. The number of fused-ring (bicyclic) bond motifs is 1. The number of rotatable bonds is 5. The fraction of sp³-hybridized carbons (Fsp3) is 0.278. The summed E-state index contributed by atoms with van der Waals surface area (Å²) < 4.78 is 10.5. The lowest BCUT2D eigenvalue weighted by atomic mass is 9.95. The minimum absolute atomic E-state index is 0.00681. The van der Waals surface area contributed by atoms with Crippen molar-refractivity contribution in [3.8, 4) is 5.75 Å². The van der Waals surface area contributed by atoms with Gasteiger partial charge >= 0.3 is 0 Å². The van der Waals surface area contributed by atoms with E-state index in [0.717, 1.165) is 29.5 Å². The average Bonchev–Trinajstić information content (AvgIpc) is 3.02. The molecule has 0 spiro atoms. The van der Waals surface area contributed by atoms with E-state index in [0.29, 0.717) is 12.3 Å². The van der Waals surface area contributed by atoms with Crippen LogP contribution in [0.5, 0.6) is 5.75 Å². The van der Waals surface area contributed by atoms with Crippen molar-refractivity contribution in [1.29, 1.82) is 0 Å². The zero-order valence-corrected chi connectivity index (χ0v) is 12.9. The average molecular weight is 310 g/mol. The van der Waals surface area contributed by atoms with Gasteiger partial charge in [-0.05, 0) is 48.7 Å². The lowest BCUT2D eigenvalue weighted by molar-refractivity contribution is 0.0922. The molecule has 1 saturated carbocycles. The first kappa shape index (κ1) is 13.9. The summed E-state index contributed by atoms with van der Waals surface area (Å²) in [4.78, 5) is 15.4. The van der Waals surface area contributed by atoms with E-state index >= 15 is 0 Å². The SMILES string of the molecule is COc1ccc2[nH]cc(C3(CNC(=O)c4ccco4)CC3)c2c1. The summed E-state index contributed by atoms with van der Waals surface area (Å²) in [5.41, 5.74) is 2.34. The third-order valence-electron chi connectivity index (χ3n) is 4.65. The molecular formula is C18H18N2O3. The second-order valence-electron chi connectivity index (χ2n) is 6.05. The van der Waals surface area contributed by atoms with Crippen LogP contribution in [0.2, 0.25) is 0 Å². The Morgan fingerprint density at radius 1 is 1.39 bits per heavy atom. The summed E-state index contributed by atoms with van der Waals surface area (Å²) in [5, 5.41) is 4.15. The molecular weight excluding hydrogens is 292 g/mol. The summed E-state index contributed by atoms with van der Waals surface area (Å²) in [7, 11) is 1.67. The van der Waals surface area contributed by atoms with Crippen LogP contribution in [0, 0.1) is 0 Å². The molecule has 0 atom stereocenters. The Morgan fingerprint density at radius 3 is 2.96 bits per heavy atom. The van der Waals surface area contributed by atoms with Crippen molar-refractivity contribution in [2.75, 3.05) is 13.7 Å². The zero-order chi connectivity index (χ0) is 15.9. The molecule has 5 nitrogen and oxygen atoms in total. The van der Waals surface area contributed by atoms with E-state index in [9.17, 15) is 4.79 Å². The van der Waals surface area contributed by atoms with E-state index in [1.54, 1.807) is 19.2 Å². The first-order valence-electron chi connectivity index (χ1n) is 7.69. The van der Waals surface area contributed by atoms with Crippen LogP contribution >= 0.6 is 0 Å². The number of amides is 1. The van der Waals surface area contributed by atoms with E-state index in [4.69, 9.17) is 9.15 Å². The highest BCUT2D eigenvalue weighted by molar-refractivity contribution is 5.91. The summed E-state index contributed by atoms with van der Waals surface area (Å²) >= 11 is 0. The number of hydrogen-bond acceptors (Lipinski definition) is 3. The van der Waals surface area contributed by atoms with E-state index in [2.05, 4.69) is 22.6 Å². The second-order valence-corrected chi connectivity index (χ2v) is 6.05. The van der Waals surface area contributed by atoms with Gasteiger partial charge in [0.2, 0.25) is 0 Å². The molecule has 5 heteroatoms. The Bertz CT molecular complexity index is 844. The number of H-pyrrole nitrogens is 1. The first-order chi connectivity index (χ1) is 11.2. The molecule has 2 heterocycles. The minimum atomic E-state index is -0.168. The molecule has 2 N–H and O–H groups in total. The molecule has 0 radical (unpaired) electrons. The van der Waals surface area contributed by atoms with E-state index in [-0.39, 0.29) is 11.3 Å². The van der Waals surface area contributed by atoms with Crippen molar-refractivity contribution >= 4 is 16.8 Å². The molecule has 4 rings (SSSR count). The maximum atomic E-state index is 12.1. The van der Waals surface area contributed by atoms with E-state index in [1.165, 1.54) is 11.8 Å². The number of aromatic amines is 1. The number of carbonyl (C=O) groups is 1. The number of nitrogens with one attached hydrogen (secondary N) is 2. The van der Waals surface area contributed by atoms with Crippen LogP contribution < -0.4 is 10.1 Å². The fourth-order valence-corrected chi connectivity index (χ4v) is 3.10. The van der Waals surface area contributed by atoms with Crippen molar-refractivity contribution in [3.05, 3.63) is 54.1 Å². The van der Waals surface area contributed by atoms with Gasteiger partial charge in [-0.1, -0.05) is 0 Å². The molecule has 0 aliphatic heterocycles. The van der Waals surface area contributed by atoms with Gasteiger partial charge in [-0.25, -0.2) is 0 Å². The van der Waals surface area contributed by atoms with Crippen molar-refractivity contribution < 1.29 is 13.9 Å². The van der Waals surface area contributed by atoms with Crippen LogP contribution in [0.25, 0.3) is 10.9 Å². The predicted octanol–water partition coefficient (Wildman–Crippen LogP) is 3.23. The highest BCUT2D eigenvalue weighted by Crippen LogP contribution is 2.50. The van der Waals surface area contributed by atoms with Crippen molar-refractivity contribution in [1.82, 2.24) is 10.3 Å². The lowest BCUT2D eigenvalue weighted by Crippen LogP contribution is -2.31. The van der Waals surface area contributed by atoms with Crippen LogP contribution in [0.1, 0.15) is 29.0 Å². The van der Waals surface area contributed by atoms with Crippen LogP contribution in [-0.2, 0) is 5.41 Å². The van der Waals surface area contributed by atoms with Crippen LogP contribution in [0.3, 0.4) is 0 Å². The standard InChI is InChI=1S/C18H18N2O3/c1-22-12-4-5-15-13(9-12)14(10-19-15)18(6-7-18)11-20-17(21)16-3-2-8-23-16/h2-5,8-10,19H,6-7,11H2,1H3,(H,20,21). The third-order valence-corrected chi connectivity index (χ3v) is 4.65. The molecule has 1 aliphatic rings. The quantitative estimate of drug-likeness (QED) is 0.760. The number of benzene rings is 1. The zero-order valence-electron chi connectivity index (χ0n) is 12.9. The van der Waals surface area contributed by atoms with Gasteiger partial charge in [0.1, 0.15) is 5.75 Å². The third kappa shape index (κ3) is 2.38. The van der Waals surface area contributed by atoms with Gasteiger partial charge in [-0.3, -0.25) is 4.79 Å². The van der Waals surface area contributed by atoms with Crippen LogP contribution in [0.4, 0.5) is 0 Å².